The average molecular weight is 383 g/mol. The van der Waals surface area contributed by atoms with Crippen LogP contribution < -0.4 is 0 Å². The molecule has 3 rings (SSSR count). The molecule has 0 fully saturated rings. The zero-order chi connectivity index (χ0) is 13.4. The molecule has 0 radical (unpaired) electrons. The van der Waals surface area contributed by atoms with Crippen molar-refractivity contribution in [1.82, 2.24) is 0 Å². The highest BCUT2D eigenvalue weighted by molar-refractivity contribution is 14.1. The SMILES string of the molecule is O=C(c1cc2cccc(Cl)c2o1)c1ccccc1I. The summed E-state index contributed by atoms with van der Waals surface area (Å²) in [5, 5.41) is 1.35. The van der Waals surface area contributed by atoms with Gasteiger partial charge in [-0.3, -0.25) is 4.79 Å². The van der Waals surface area contributed by atoms with E-state index in [4.69, 9.17) is 16.0 Å². The lowest BCUT2D eigenvalue weighted by Crippen LogP contribution is -2.01. The Labute approximate surface area is 128 Å². The summed E-state index contributed by atoms with van der Waals surface area (Å²) >= 11 is 8.18. The van der Waals surface area contributed by atoms with Crippen LogP contribution in [-0.2, 0) is 0 Å². The highest BCUT2D eigenvalue weighted by Crippen LogP contribution is 2.28. The summed E-state index contributed by atoms with van der Waals surface area (Å²) in [4.78, 5) is 12.4. The Morgan fingerprint density at radius 1 is 1.11 bits per heavy atom. The molecule has 0 aliphatic carbocycles. The van der Waals surface area contributed by atoms with Crippen molar-refractivity contribution in [3.63, 3.8) is 0 Å². The maximum atomic E-state index is 12.4. The maximum Gasteiger partial charge on any atom is 0.229 e. The highest BCUT2D eigenvalue weighted by atomic mass is 127. The van der Waals surface area contributed by atoms with E-state index in [1.165, 1.54) is 0 Å². The van der Waals surface area contributed by atoms with E-state index in [0.717, 1.165) is 8.96 Å². The Morgan fingerprint density at radius 3 is 2.63 bits per heavy atom. The first-order chi connectivity index (χ1) is 9.16. The van der Waals surface area contributed by atoms with E-state index in [9.17, 15) is 4.79 Å². The molecule has 0 amide bonds. The molecule has 3 aromatic rings. The van der Waals surface area contributed by atoms with E-state index in [1.54, 1.807) is 18.2 Å². The van der Waals surface area contributed by atoms with Crippen molar-refractivity contribution < 1.29 is 9.21 Å². The van der Waals surface area contributed by atoms with Crippen molar-refractivity contribution in [1.29, 1.82) is 0 Å². The molecule has 4 heteroatoms. The van der Waals surface area contributed by atoms with Crippen LogP contribution in [0.1, 0.15) is 16.1 Å². The molecule has 94 valence electrons. The van der Waals surface area contributed by atoms with Gasteiger partial charge in [-0.2, -0.15) is 0 Å². The second-order valence-corrected chi connectivity index (χ2v) is 5.65. The van der Waals surface area contributed by atoms with E-state index in [0.29, 0.717) is 21.9 Å². The molecule has 0 saturated heterocycles. The molecule has 0 unspecified atom stereocenters. The lowest BCUT2D eigenvalue weighted by molar-refractivity contribution is 0.101. The molecule has 2 aromatic carbocycles. The summed E-state index contributed by atoms with van der Waals surface area (Å²) in [6.07, 6.45) is 0. The first kappa shape index (κ1) is 12.7. The number of benzene rings is 2. The lowest BCUT2D eigenvalue weighted by Gasteiger charge is -2.00. The number of hydrogen-bond donors (Lipinski definition) is 0. The van der Waals surface area contributed by atoms with Crippen molar-refractivity contribution in [3.8, 4) is 0 Å². The number of fused-ring (bicyclic) bond motifs is 1. The van der Waals surface area contributed by atoms with Crippen LogP contribution >= 0.6 is 34.2 Å². The van der Waals surface area contributed by atoms with Crippen LogP contribution in [0.2, 0.25) is 5.02 Å². The Hall–Kier alpha value is -1.33. The maximum absolute atomic E-state index is 12.4. The number of halogens is 2. The van der Waals surface area contributed by atoms with Gasteiger partial charge in [-0.15, -0.1) is 0 Å². The van der Waals surface area contributed by atoms with Crippen molar-refractivity contribution in [3.05, 3.63) is 68.4 Å². The second kappa shape index (κ2) is 4.98. The van der Waals surface area contributed by atoms with Crippen molar-refractivity contribution in [2.75, 3.05) is 0 Å². The van der Waals surface area contributed by atoms with Gasteiger partial charge >= 0.3 is 0 Å². The molecule has 0 bridgehead atoms. The number of ketones is 1. The molecule has 0 atom stereocenters. The van der Waals surface area contributed by atoms with E-state index < -0.39 is 0 Å². The number of carbonyl (C=O) groups excluding carboxylic acids is 1. The number of para-hydroxylation sites is 1. The van der Waals surface area contributed by atoms with E-state index in [2.05, 4.69) is 22.6 Å². The molecule has 0 spiro atoms. The Balaban J connectivity index is 2.12. The highest BCUT2D eigenvalue weighted by Gasteiger charge is 2.17. The average Bonchev–Trinajstić information content (AvgIpc) is 2.84. The molecular weight excluding hydrogens is 375 g/mol. The minimum absolute atomic E-state index is 0.128. The van der Waals surface area contributed by atoms with Crippen LogP contribution in [0.3, 0.4) is 0 Å². The third-order valence-electron chi connectivity index (χ3n) is 2.84. The summed E-state index contributed by atoms with van der Waals surface area (Å²) in [5.41, 5.74) is 1.19. The van der Waals surface area contributed by atoms with Gasteiger partial charge in [-0.05, 0) is 46.9 Å². The number of hydrogen-bond acceptors (Lipinski definition) is 2. The summed E-state index contributed by atoms with van der Waals surface area (Å²) < 4.78 is 6.48. The molecule has 2 nitrogen and oxygen atoms in total. The topological polar surface area (TPSA) is 30.2 Å². The first-order valence-electron chi connectivity index (χ1n) is 5.64. The first-order valence-corrected chi connectivity index (χ1v) is 7.10. The molecule has 0 aliphatic rings. The molecule has 1 heterocycles. The van der Waals surface area contributed by atoms with E-state index in [1.807, 2.05) is 30.3 Å². The molecule has 0 aliphatic heterocycles. The van der Waals surface area contributed by atoms with Crippen molar-refractivity contribution >= 4 is 50.9 Å². The van der Waals surface area contributed by atoms with Crippen molar-refractivity contribution in [2.45, 2.75) is 0 Å². The Kier molecular flexibility index (Phi) is 3.33. The van der Waals surface area contributed by atoms with E-state index in [-0.39, 0.29) is 5.78 Å². The fraction of sp³-hybridized carbons (Fsp3) is 0. The van der Waals surface area contributed by atoms with Crippen LogP contribution in [0.25, 0.3) is 11.0 Å². The van der Waals surface area contributed by atoms with Gasteiger partial charge in [0.1, 0.15) is 0 Å². The lowest BCUT2D eigenvalue weighted by atomic mass is 10.1. The Bertz CT molecular complexity index is 777. The third kappa shape index (κ3) is 2.28. The van der Waals surface area contributed by atoms with Gasteiger partial charge in [0, 0.05) is 14.5 Å². The quantitative estimate of drug-likeness (QED) is 0.465. The third-order valence-corrected chi connectivity index (χ3v) is 4.08. The Morgan fingerprint density at radius 2 is 1.89 bits per heavy atom. The fourth-order valence-corrected chi connectivity index (χ4v) is 2.77. The predicted molar refractivity (Wildman–Crippen MR) is 83.8 cm³/mol. The van der Waals surface area contributed by atoms with Gasteiger partial charge in [-0.25, -0.2) is 0 Å². The number of furan rings is 1. The summed E-state index contributed by atoms with van der Waals surface area (Å²) in [7, 11) is 0. The van der Waals surface area contributed by atoms with Gasteiger partial charge in [0.25, 0.3) is 0 Å². The monoisotopic (exact) mass is 382 g/mol. The molecular formula is C15H8ClIO2. The van der Waals surface area contributed by atoms with E-state index >= 15 is 0 Å². The molecule has 0 saturated carbocycles. The van der Waals surface area contributed by atoms with Gasteiger partial charge in [-0.1, -0.05) is 35.9 Å². The van der Waals surface area contributed by atoms with Crippen LogP contribution in [0.4, 0.5) is 0 Å². The van der Waals surface area contributed by atoms with Gasteiger partial charge < -0.3 is 4.42 Å². The number of carbonyl (C=O) groups is 1. The van der Waals surface area contributed by atoms with Crippen LogP contribution in [0, 0.1) is 3.57 Å². The smallest absolute Gasteiger partial charge is 0.229 e. The number of rotatable bonds is 2. The van der Waals surface area contributed by atoms with Gasteiger partial charge in [0.05, 0.1) is 5.02 Å². The van der Waals surface area contributed by atoms with Gasteiger partial charge in [0.2, 0.25) is 5.78 Å². The zero-order valence-electron chi connectivity index (χ0n) is 9.69. The predicted octanol–water partition coefficient (Wildman–Crippen LogP) is 4.92. The standard InChI is InChI=1S/C15H8ClIO2/c16-11-6-3-4-9-8-13(19-15(9)11)14(18)10-5-1-2-7-12(10)17/h1-8H. The van der Waals surface area contributed by atoms with Crippen molar-refractivity contribution in [2.24, 2.45) is 0 Å². The minimum Gasteiger partial charge on any atom is -0.451 e. The normalized spacial score (nSPS) is 10.8. The molecule has 0 N–H and O–H groups in total. The molecule has 1 aromatic heterocycles. The van der Waals surface area contributed by atoms with Gasteiger partial charge in [0.15, 0.2) is 11.3 Å². The second-order valence-electron chi connectivity index (χ2n) is 4.08. The van der Waals surface area contributed by atoms with Crippen LogP contribution in [0.15, 0.2) is 52.9 Å². The zero-order valence-corrected chi connectivity index (χ0v) is 12.6. The summed E-state index contributed by atoms with van der Waals surface area (Å²) in [6, 6.07) is 14.6. The summed E-state index contributed by atoms with van der Waals surface area (Å²) in [5.74, 6) is 0.185. The summed E-state index contributed by atoms with van der Waals surface area (Å²) in [6.45, 7) is 0. The fourth-order valence-electron chi connectivity index (χ4n) is 1.92. The minimum atomic E-state index is -0.128. The molecule has 19 heavy (non-hydrogen) atoms. The van der Waals surface area contributed by atoms with Crippen LogP contribution in [-0.4, -0.2) is 5.78 Å². The largest absolute Gasteiger partial charge is 0.451 e. The van der Waals surface area contributed by atoms with Crippen LogP contribution in [0.5, 0.6) is 0 Å².